The van der Waals surface area contributed by atoms with Crippen LogP contribution in [0.15, 0.2) is 0 Å². The molecule has 0 fully saturated rings. The maximum absolute atomic E-state index is 12.4. The topological polar surface area (TPSA) is 133 Å². The van der Waals surface area contributed by atoms with Crippen LogP contribution in [-0.4, -0.2) is 67.5 Å². The van der Waals surface area contributed by atoms with Crippen LogP contribution < -0.4 is 16.0 Å². The Hall–Kier alpha value is -1.87. The van der Waals surface area contributed by atoms with Crippen LogP contribution in [-0.2, 0) is 14.3 Å². The van der Waals surface area contributed by atoms with Gasteiger partial charge in [0.1, 0.15) is 11.6 Å². The molecule has 0 aliphatic carbocycles. The molecule has 9 nitrogen and oxygen atoms in total. The van der Waals surface area contributed by atoms with Crippen LogP contribution in [0.25, 0.3) is 0 Å². The van der Waals surface area contributed by atoms with E-state index in [2.05, 4.69) is 16.0 Å². The van der Waals surface area contributed by atoms with E-state index in [1.807, 2.05) is 0 Å². The first-order valence-corrected chi connectivity index (χ1v) is 9.40. The van der Waals surface area contributed by atoms with Crippen LogP contribution in [0, 0.1) is 5.41 Å². The van der Waals surface area contributed by atoms with E-state index in [-0.39, 0.29) is 12.5 Å². The predicted octanol–water partition coefficient (Wildman–Crippen LogP) is 1.15. The Bertz CT molecular complexity index is 452. The van der Waals surface area contributed by atoms with E-state index in [1.54, 1.807) is 27.7 Å². The van der Waals surface area contributed by atoms with Crippen molar-refractivity contribution < 1.29 is 24.2 Å². The second-order valence-corrected chi connectivity index (χ2v) is 7.23. The highest BCUT2D eigenvalue weighted by atomic mass is 16.6. The first-order valence-electron chi connectivity index (χ1n) is 9.40. The lowest BCUT2D eigenvalue weighted by Crippen LogP contribution is -2.48. The molecule has 0 rings (SSSR count). The fourth-order valence-electron chi connectivity index (χ4n) is 2.11. The van der Waals surface area contributed by atoms with Crippen molar-refractivity contribution in [2.45, 2.75) is 65.0 Å². The molecule has 0 radical (unpaired) electrons. The summed E-state index contributed by atoms with van der Waals surface area (Å²) >= 11 is 0. The predicted molar refractivity (Wildman–Crippen MR) is 104 cm³/mol. The summed E-state index contributed by atoms with van der Waals surface area (Å²) in [6, 6.07) is -0.696. The fraction of sp³-hybridized carbons (Fsp3) is 0.833. The summed E-state index contributed by atoms with van der Waals surface area (Å²) in [5.41, 5.74) is -0.642. The summed E-state index contributed by atoms with van der Waals surface area (Å²) in [6.07, 6.45) is 1.88. The molecule has 0 aromatic carbocycles. The minimum Gasteiger partial charge on any atom is -0.444 e. The minimum atomic E-state index is -0.696. The van der Waals surface area contributed by atoms with E-state index in [1.165, 1.54) is 0 Å². The van der Waals surface area contributed by atoms with Crippen molar-refractivity contribution in [3.8, 4) is 0 Å². The lowest BCUT2D eigenvalue weighted by Gasteiger charge is -2.23. The van der Waals surface area contributed by atoms with Gasteiger partial charge < -0.3 is 30.5 Å². The van der Waals surface area contributed by atoms with E-state index in [0.717, 1.165) is 6.42 Å². The Kier molecular flexibility index (Phi) is 13.2. The maximum Gasteiger partial charge on any atom is 0.408 e. The van der Waals surface area contributed by atoms with Gasteiger partial charge in [0.15, 0.2) is 0 Å². The molecule has 0 aliphatic heterocycles. The summed E-state index contributed by atoms with van der Waals surface area (Å²) in [4.78, 5) is 24.4. The monoisotopic (exact) mass is 388 g/mol. The summed E-state index contributed by atoms with van der Waals surface area (Å²) in [7, 11) is 0. The third kappa shape index (κ3) is 16.1. The molecule has 0 aromatic rings. The smallest absolute Gasteiger partial charge is 0.408 e. The molecule has 5 N–H and O–H groups in total. The summed E-state index contributed by atoms with van der Waals surface area (Å²) < 4.78 is 10.5. The number of carbonyl (C=O) groups is 2. The molecule has 0 bridgehead atoms. The Morgan fingerprint density at radius 2 is 1.78 bits per heavy atom. The van der Waals surface area contributed by atoms with Crippen LogP contribution in [0.5, 0.6) is 0 Å². The molecule has 1 atom stereocenters. The number of aliphatic hydroxyl groups is 1. The third-order valence-corrected chi connectivity index (χ3v) is 3.31. The third-order valence-electron chi connectivity index (χ3n) is 3.31. The van der Waals surface area contributed by atoms with Crippen molar-refractivity contribution in [3.63, 3.8) is 0 Å². The Balaban J connectivity index is 4.41. The molecule has 0 saturated heterocycles. The van der Waals surface area contributed by atoms with Gasteiger partial charge in [-0.2, -0.15) is 0 Å². The number of hydrogen-bond acceptors (Lipinski definition) is 6. The number of nitrogens with one attached hydrogen (secondary N) is 4. The van der Waals surface area contributed by atoms with Crippen LogP contribution >= 0.6 is 0 Å². The van der Waals surface area contributed by atoms with Crippen LogP contribution in [0.2, 0.25) is 0 Å². The number of rotatable bonds is 13. The number of amides is 2. The zero-order valence-electron chi connectivity index (χ0n) is 17.0. The molecule has 0 aliphatic rings. The number of amidine groups is 1. The molecule has 0 aromatic heterocycles. The van der Waals surface area contributed by atoms with E-state index in [4.69, 9.17) is 20.0 Å². The first-order chi connectivity index (χ1) is 12.7. The van der Waals surface area contributed by atoms with Crippen LogP contribution in [0.1, 0.15) is 53.4 Å². The highest BCUT2D eigenvalue weighted by Gasteiger charge is 2.23. The number of carbonyl (C=O) groups excluding carboxylic acids is 2. The Morgan fingerprint density at radius 1 is 1.07 bits per heavy atom. The van der Waals surface area contributed by atoms with Gasteiger partial charge in [0.05, 0.1) is 12.4 Å². The van der Waals surface area contributed by atoms with Gasteiger partial charge in [-0.3, -0.25) is 10.2 Å². The first kappa shape index (κ1) is 25.1. The van der Waals surface area contributed by atoms with Gasteiger partial charge in [-0.15, -0.1) is 0 Å². The van der Waals surface area contributed by atoms with Crippen molar-refractivity contribution in [1.29, 1.82) is 5.41 Å². The van der Waals surface area contributed by atoms with Crippen LogP contribution in [0.3, 0.4) is 0 Å². The summed E-state index contributed by atoms with van der Waals surface area (Å²) in [6.45, 7) is 8.77. The molecular weight excluding hydrogens is 352 g/mol. The summed E-state index contributed by atoms with van der Waals surface area (Å²) in [5.74, 6) is 0.111. The van der Waals surface area contributed by atoms with Gasteiger partial charge in [0.25, 0.3) is 0 Å². The molecular formula is C18H36N4O5. The Morgan fingerprint density at radius 3 is 2.37 bits per heavy atom. The van der Waals surface area contributed by atoms with Gasteiger partial charge in [-0.1, -0.05) is 0 Å². The lowest BCUT2D eigenvalue weighted by atomic mass is 10.1. The molecule has 0 saturated carbocycles. The van der Waals surface area contributed by atoms with Gasteiger partial charge in [0, 0.05) is 26.3 Å². The SMILES string of the molecule is CC(=N)NCCCCC(NC(=O)OC(C)(C)C)C(=O)NCCOCCCO. The highest BCUT2D eigenvalue weighted by Crippen LogP contribution is 2.08. The second-order valence-electron chi connectivity index (χ2n) is 7.23. The van der Waals surface area contributed by atoms with Crippen molar-refractivity contribution in [3.05, 3.63) is 0 Å². The molecule has 0 heterocycles. The zero-order chi connectivity index (χ0) is 20.7. The number of aliphatic hydroxyl groups excluding tert-OH is 1. The van der Waals surface area contributed by atoms with E-state index in [9.17, 15) is 9.59 Å². The second kappa shape index (κ2) is 14.2. The fourth-order valence-corrected chi connectivity index (χ4v) is 2.11. The number of ether oxygens (including phenoxy) is 2. The van der Waals surface area contributed by atoms with Gasteiger partial charge in [0.2, 0.25) is 5.91 Å². The van der Waals surface area contributed by atoms with Gasteiger partial charge in [-0.25, -0.2) is 4.79 Å². The van der Waals surface area contributed by atoms with Gasteiger partial charge in [-0.05, 0) is 53.4 Å². The largest absolute Gasteiger partial charge is 0.444 e. The van der Waals surface area contributed by atoms with Crippen molar-refractivity contribution in [2.24, 2.45) is 0 Å². The maximum atomic E-state index is 12.4. The highest BCUT2D eigenvalue weighted by molar-refractivity contribution is 5.85. The average Bonchev–Trinajstić information content (AvgIpc) is 2.54. The quantitative estimate of drug-likeness (QED) is 0.183. The number of hydrogen-bond donors (Lipinski definition) is 5. The normalized spacial score (nSPS) is 12.2. The van der Waals surface area contributed by atoms with Crippen LogP contribution in [0.4, 0.5) is 4.79 Å². The van der Waals surface area contributed by atoms with Gasteiger partial charge >= 0.3 is 6.09 Å². The zero-order valence-corrected chi connectivity index (χ0v) is 17.0. The molecule has 1 unspecified atom stereocenters. The molecule has 9 heteroatoms. The minimum absolute atomic E-state index is 0.0700. The van der Waals surface area contributed by atoms with Crippen molar-refractivity contribution >= 4 is 17.8 Å². The average molecular weight is 389 g/mol. The lowest BCUT2D eigenvalue weighted by molar-refractivity contribution is -0.123. The standard InChI is InChI=1S/C18H36N4O5/c1-14(19)20-9-6-5-8-15(22-17(25)27-18(2,3)4)16(24)21-10-13-26-12-7-11-23/h15,23H,5-13H2,1-4H3,(H2,19,20)(H,21,24)(H,22,25). The molecule has 27 heavy (non-hydrogen) atoms. The van der Waals surface area contributed by atoms with Crippen molar-refractivity contribution in [1.82, 2.24) is 16.0 Å². The number of alkyl carbamates (subject to hydrolysis) is 1. The van der Waals surface area contributed by atoms with E-state index in [0.29, 0.717) is 51.4 Å². The van der Waals surface area contributed by atoms with E-state index >= 15 is 0 Å². The summed E-state index contributed by atoms with van der Waals surface area (Å²) in [5, 5.41) is 24.3. The van der Waals surface area contributed by atoms with E-state index < -0.39 is 17.7 Å². The van der Waals surface area contributed by atoms with Crippen molar-refractivity contribution in [2.75, 3.05) is 32.9 Å². The Labute approximate surface area is 162 Å². The molecule has 158 valence electrons. The number of unbranched alkanes of at least 4 members (excludes halogenated alkanes) is 1. The molecule has 2 amide bonds. The molecule has 0 spiro atoms.